The third kappa shape index (κ3) is 8.84. The molecule has 4 heteroatoms. The van der Waals surface area contributed by atoms with Crippen molar-refractivity contribution in [2.75, 3.05) is 0 Å². The summed E-state index contributed by atoms with van der Waals surface area (Å²) in [6.45, 7) is 2.19. The smallest absolute Gasteiger partial charge is 0.395 e. The van der Waals surface area contributed by atoms with Crippen LogP contribution in [-0.2, 0) is 9.53 Å². The molecule has 1 rings (SSSR count). The van der Waals surface area contributed by atoms with E-state index >= 15 is 0 Å². The van der Waals surface area contributed by atoms with Gasteiger partial charge in [0.25, 0.3) is 0 Å². The van der Waals surface area contributed by atoms with Gasteiger partial charge < -0.3 is 9.47 Å². The first-order valence-electron chi connectivity index (χ1n) is 7.70. The Hall–Kier alpha value is -1.84. The first-order chi connectivity index (χ1) is 10.2. The molecular weight excluding hydrogens is 268 g/mol. The number of ether oxygens (including phenoxy) is 2. The van der Waals surface area contributed by atoms with E-state index in [4.69, 9.17) is 4.74 Å². The average Bonchev–Trinajstić information content (AvgIpc) is 2.47. The van der Waals surface area contributed by atoms with Crippen LogP contribution in [0.3, 0.4) is 0 Å². The van der Waals surface area contributed by atoms with Crippen molar-refractivity contribution in [3.8, 4) is 5.75 Å². The second-order valence-electron chi connectivity index (χ2n) is 5.01. The molecule has 0 aliphatic heterocycles. The van der Waals surface area contributed by atoms with Crippen molar-refractivity contribution < 1.29 is 19.1 Å². The van der Waals surface area contributed by atoms with Gasteiger partial charge in [-0.3, -0.25) is 4.79 Å². The van der Waals surface area contributed by atoms with E-state index < -0.39 is 12.1 Å². The highest BCUT2D eigenvalue weighted by Gasteiger charge is 2.12. The number of esters is 1. The highest BCUT2D eigenvalue weighted by molar-refractivity contribution is 5.82. The van der Waals surface area contributed by atoms with Crippen molar-refractivity contribution in [2.24, 2.45) is 0 Å². The molecule has 0 unspecified atom stereocenters. The SMILES string of the molecule is CCCCCCCCCC(=O)OC(=O)Oc1ccccc1. The Morgan fingerprint density at radius 1 is 0.905 bits per heavy atom. The lowest BCUT2D eigenvalue weighted by Crippen LogP contribution is -2.16. The molecule has 0 saturated carbocycles. The van der Waals surface area contributed by atoms with E-state index in [1.807, 2.05) is 6.07 Å². The zero-order valence-electron chi connectivity index (χ0n) is 12.7. The quantitative estimate of drug-likeness (QED) is 0.282. The maximum atomic E-state index is 11.5. The third-order valence-electron chi connectivity index (χ3n) is 3.13. The van der Waals surface area contributed by atoms with Crippen LogP contribution in [0.5, 0.6) is 5.75 Å². The number of benzene rings is 1. The summed E-state index contributed by atoms with van der Waals surface area (Å²) in [5.41, 5.74) is 0. The second kappa shape index (κ2) is 10.9. The number of carbonyl (C=O) groups is 2. The minimum absolute atomic E-state index is 0.262. The maximum absolute atomic E-state index is 11.5. The first-order valence-corrected chi connectivity index (χ1v) is 7.70. The Bertz CT molecular complexity index is 414. The van der Waals surface area contributed by atoms with E-state index in [2.05, 4.69) is 11.7 Å². The van der Waals surface area contributed by atoms with E-state index in [1.165, 1.54) is 25.7 Å². The maximum Gasteiger partial charge on any atom is 0.521 e. The Labute approximate surface area is 126 Å². The Morgan fingerprint density at radius 3 is 2.19 bits per heavy atom. The second-order valence-corrected chi connectivity index (χ2v) is 5.01. The number of rotatable bonds is 9. The van der Waals surface area contributed by atoms with Gasteiger partial charge in [0.15, 0.2) is 0 Å². The highest BCUT2D eigenvalue weighted by atomic mass is 16.7. The van der Waals surface area contributed by atoms with Crippen LogP contribution in [0, 0.1) is 0 Å². The van der Waals surface area contributed by atoms with Crippen LogP contribution in [-0.4, -0.2) is 12.1 Å². The van der Waals surface area contributed by atoms with Crippen LogP contribution in [0.4, 0.5) is 4.79 Å². The fourth-order valence-corrected chi connectivity index (χ4v) is 1.98. The summed E-state index contributed by atoms with van der Waals surface area (Å²) in [4.78, 5) is 22.8. The van der Waals surface area contributed by atoms with Crippen LogP contribution < -0.4 is 4.74 Å². The van der Waals surface area contributed by atoms with Gasteiger partial charge in [0, 0.05) is 6.42 Å². The molecule has 0 saturated heterocycles. The van der Waals surface area contributed by atoms with Crippen molar-refractivity contribution in [3.63, 3.8) is 0 Å². The molecule has 0 aromatic heterocycles. The van der Waals surface area contributed by atoms with Crippen LogP contribution in [0.15, 0.2) is 30.3 Å². The van der Waals surface area contributed by atoms with E-state index in [9.17, 15) is 9.59 Å². The van der Waals surface area contributed by atoms with Crippen molar-refractivity contribution in [3.05, 3.63) is 30.3 Å². The lowest BCUT2D eigenvalue weighted by molar-refractivity contribution is -0.138. The van der Waals surface area contributed by atoms with E-state index in [0.717, 1.165) is 19.3 Å². The number of hydrogen-bond acceptors (Lipinski definition) is 4. The molecule has 0 radical (unpaired) electrons. The van der Waals surface area contributed by atoms with Gasteiger partial charge >= 0.3 is 12.1 Å². The zero-order valence-corrected chi connectivity index (χ0v) is 12.7. The number of hydrogen-bond donors (Lipinski definition) is 0. The summed E-state index contributed by atoms with van der Waals surface area (Å²) in [6.07, 6.45) is 7.14. The van der Waals surface area contributed by atoms with Gasteiger partial charge in [-0.05, 0) is 18.6 Å². The molecule has 0 aliphatic carbocycles. The number of para-hydroxylation sites is 1. The van der Waals surface area contributed by atoms with Crippen LogP contribution in [0.25, 0.3) is 0 Å². The first kappa shape index (κ1) is 17.2. The topological polar surface area (TPSA) is 52.6 Å². The molecule has 4 nitrogen and oxygen atoms in total. The minimum Gasteiger partial charge on any atom is -0.395 e. The largest absolute Gasteiger partial charge is 0.521 e. The monoisotopic (exact) mass is 292 g/mol. The molecule has 0 N–H and O–H groups in total. The van der Waals surface area contributed by atoms with Crippen LogP contribution >= 0.6 is 0 Å². The predicted octanol–water partition coefficient (Wildman–Crippen LogP) is 4.87. The van der Waals surface area contributed by atoms with Gasteiger partial charge in [-0.2, -0.15) is 0 Å². The van der Waals surface area contributed by atoms with Crippen LogP contribution in [0.2, 0.25) is 0 Å². The molecular formula is C17H24O4. The molecule has 0 aliphatic rings. The summed E-state index contributed by atoms with van der Waals surface area (Å²) in [5, 5.41) is 0. The summed E-state index contributed by atoms with van der Waals surface area (Å²) >= 11 is 0. The fraction of sp³-hybridized carbons (Fsp3) is 0.529. The fourth-order valence-electron chi connectivity index (χ4n) is 1.98. The van der Waals surface area contributed by atoms with E-state index in [1.54, 1.807) is 24.3 Å². The Balaban J connectivity index is 2.06. The minimum atomic E-state index is -0.964. The van der Waals surface area contributed by atoms with E-state index in [-0.39, 0.29) is 6.42 Å². The molecule has 21 heavy (non-hydrogen) atoms. The van der Waals surface area contributed by atoms with Gasteiger partial charge in [0.05, 0.1) is 0 Å². The molecule has 0 fully saturated rings. The summed E-state index contributed by atoms with van der Waals surface area (Å²) in [6, 6.07) is 8.54. The van der Waals surface area contributed by atoms with Crippen molar-refractivity contribution in [1.29, 1.82) is 0 Å². The van der Waals surface area contributed by atoms with E-state index in [0.29, 0.717) is 5.75 Å². The molecule has 116 valence electrons. The zero-order chi connectivity index (χ0) is 15.3. The summed E-state index contributed by atoms with van der Waals surface area (Å²) < 4.78 is 9.47. The molecule has 1 aromatic rings. The van der Waals surface area contributed by atoms with Gasteiger partial charge in [0.2, 0.25) is 0 Å². The van der Waals surface area contributed by atoms with Gasteiger partial charge in [-0.15, -0.1) is 0 Å². The summed E-state index contributed by atoms with van der Waals surface area (Å²) in [7, 11) is 0. The highest BCUT2D eigenvalue weighted by Crippen LogP contribution is 2.11. The Kier molecular flexibility index (Phi) is 8.93. The molecule has 0 atom stereocenters. The van der Waals surface area contributed by atoms with Crippen LogP contribution in [0.1, 0.15) is 58.3 Å². The predicted molar refractivity (Wildman–Crippen MR) is 81.2 cm³/mol. The molecule has 0 amide bonds. The number of carbonyl (C=O) groups excluding carboxylic acids is 2. The van der Waals surface area contributed by atoms with Gasteiger partial charge in [-0.25, -0.2) is 4.79 Å². The van der Waals surface area contributed by atoms with Gasteiger partial charge in [-0.1, -0.05) is 63.6 Å². The molecule has 0 heterocycles. The molecule has 0 bridgehead atoms. The summed E-state index contributed by atoms with van der Waals surface area (Å²) in [5.74, 6) is -0.157. The molecule has 0 spiro atoms. The average molecular weight is 292 g/mol. The van der Waals surface area contributed by atoms with Crippen molar-refractivity contribution in [1.82, 2.24) is 0 Å². The Morgan fingerprint density at radius 2 is 1.52 bits per heavy atom. The van der Waals surface area contributed by atoms with Crippen molar-refractivity contribution in [2.45, 2.75) is 58.3 Å². The molecule has 1 aromatic carbocycles. The normalized spacial score (nSPS) is 10.1. The van der Waals surface area contributed by atoms with Gasteiger partial charge in [0.1, 0.15) is 5.75 Å². The van der Waals surface area contributed by atoms with Crippen molar-refractivity contribution >= 4 is 12.1 Å². The third-order valence-corrected chi connectivity index (χ3v) is 3.13. The lowest BCUT2D eigenvalue weighted by Gasteiger charge is -2.04. The standard InChI is InChI=1S/C17H24O4/c1-2-3-4-5-6-7-11-14-16(18)21-17(19)20-15-12-9-8-10-13-15/h8-10,12-13H,2-7,11,14H2,1H3. The number of unbranched alkanes of at least 4 members (excludes halogenated alkanes) is 6. The lowest BCUT2D eigenvalue weighted by atomic mass is 10.1.